The average molecular weight is 368 g/mol. The molecule has 144 valence electrons. The fourth-order valence-corrected chi connectivity index (χ4v) is 3.57. The molecule has 1 fully saturated rings. The van der Waals surface area contributed by atoms with Crippen molar-refractivity contribution in [3.8, 4) is 0 Å². The molecule has 0 spiro atoms. The van der Waals surface area contributed by atoms with Crippen LogP contribution in [0, 0.1) is 5.92 Å². The number of anilines is 1. The van der Waals surface area contributed by atoms with Crippen LogP contribution in [-0.4, -0.2) is 33.0 Å². The molecule has 0 unspecified atom stereocenters. The molecule has 1 aromatic heterocycles. The maximum Gasteiger partial charge on any atom is 0.274 e. The van der Waals surface area contributed by atoms with Gasteiger partial charge in [0.1, 0.15) is 5.82 Å². The summed E-state index contributed by atoms with van der Waals surface area (Å²) in [6.45, 7) is 3.08. The monoisotopic (exact) mass is 368 g/mol. The highest BCUT2D eigenvalue weighted by Gasteiger charge is 2.24. The highest BCUT2D eigenvalue weighted by Crippen LogP contribution is 2.25. The summed E-state index contributed by atoms with van der Waals surface area (Å²) in [4.78, 5) is 27.1. The molecule has 1 N–H and O–H groups in total. The van der Waals surface area contributed by atoms with Crippen LogP contribution in [0.15, 0.2) is 36.4 Å². The van der Waals surface area contributed by atoms with Crippen molar-refractivity contribution < 1.29 is 9.59 Å². The SMILES string of the molecule is CCN(Cc1ccccc1)C(=O)c1cc(NC(=O)C2CCCCC2)n(C)n1. The first-order valence-corrected chi connectivity index (χ1v) is 9.76. The van der Waals surface area contributed by atoms with E-state index in [1.165, 1.54) is 6.42 Å². The lowest BCUT2D eigenvalue weighted by Gasteiger charge is -2.20. The first-order chi connectivity index (χ1) is 13.1. The first-order valence-electron chi connectivity index (χ1n) is 9.76. The van der Waals surface area contributed by atoms with E-state index in [0.717, 1.165) is 31.2 Å². The zero-order valence-corrected chi connectivity index (χ0v) is 16.1. The van der Waals surface area contributed by atoms with Crippen LogP contribution < -0.4 is 5.32 Å². The highest BCUT2D eigenvalue weighted by molar-refractivity contribution is 5.96. The number of nitrogens with one attached hydrogen (secondary N) is 1. The molecule has 0 saturated heterocycles. The summed E-state index contributed by atoms with van der Waals surface area (Å²) in [5.74, 6) is 0.547. The Morgan fingerprint density at radius 3 is 2.56 bits per heavy atom. The molecule has 1 saturated carbocycles. The Morgan fingerprint density at radius 2 is 1.89 bits per heavy atom. The van der Waals surface area contributed by atoms with Crippen LogP contribution in [0.3, 0.4) is 0 Å². The summed E-state index contributed by atoms with van der Waals surface area (Å²) in [5, 5.41) is 7.28. The van der Waals surface area contributed by atoms with E-state index in [1.807, 2.05) is 37.3 Å². The predicted octanol–water partition coefficient (Wildman–Crippen LogP) is 3.60. The van der Waals surface area contributed by atoms with Crippen LogP contribution in [0.5, 0.6) is 0 Å². The molecular formula is C21H28N4O2. The molecule has 0 atom stereocenters. The van der Waals surface area contributed by atoms with Gasteiger partial charge < -0.3 is 10.2 Å². The quantitative estimate of drug-likeness (QED) is 0.847. The third kappa shape index (κ3) is 4.76. The molecule has 0 aliphatic heterocycles. The van der Waals surface area contributed by atoms with Crippen molar-refractivity contribution in [1.82, 2.24) is 14.7 Å². The van der Waals surface area contributed by atoms with Crippen molar-refractivity contribution in [2.24, 2.45) is 13.0 Å². The molecule has 2 aromatic rings. The summed E-state index contributed by atoms with van der Waals surface area (Å²) in [5.41, 5.74) is 1.43. The predicted molar refractivity (Wildman–Crippen MR) is 105 cm³/mol. The minimum Gasteiger partial charge on any atom is -0.333 e. The zero-order chi connectivity index (χ0) is 19.2. The molecule has 0 radical (unpaired) electrons. The Labute approximate surface area is 160 Å². The molecule has 6 nitrogen and oxygen atoms in total. The van der Waals surface area contributed by atoms with E-state index in [4.69, 9.17) is 0 Å². The van der Waals surface area contributed by atoms with Gasteiger partial charge >= 0.3 is 0 Å². The fraction of sp³-hybridized carbons (Fsp3) is 0.476. The number of rotatable bonds is 6. The van der Waals surface area contributed by atoms with Crippen LogP contribution in [0.25, 0.3) is 0 Å². The maximum atomic E-state index is 12.9. The van der Waals surface area contributed by atoms with E-state index >= 15 is 0 Å². The summed E-state index contributed by atoms with van der Waals surface area (Å²) < 4.78 is 1.57. The lowest BCUT2D eigenvalue weighted by atomic mass is 9.89. The minimum absolute atomic E-state index is 0.0355. The number of carbonyl (C=O) groups is 2. The molecular weight excluding hydrogens is 340 g/mol. The molecule has 3 rings (SSSR count). The number of carbonyl (C=O) groups excluding carboxylic acids is 2. The normalized spacial score (nSPS) is 14.7. The molecule has 27 heavy (non-hydrogen) atoms. The second-order valence-electron chi connectivity index (χ2n) is 7.17. The van der Waals surface area contributed by atoms with Crippen molar-refractivity contribution in [2.45, 2.75) is 45.6 Å². The first kappa shape index (κ1) is 19.1. The topological polar surface area (TPSA) is 67.2 Å². The van der Waals surface area contributed by atoms with Gasteiger partial charge in [0.05, 0.1) is 0 Å². The fourth-order valence-electron chi connectivity index (χ4n) is 3.57. The third-order valence-electron chi connectivity index (χ3n) is 5.21. The van der Waals surface area contributed by atoms with Gasteiger partial charge in [-0.2, -0.15) is 5.10 Å². The van der Waals surface area contributed by atoms with Gasteiger partial charge in [0, 0.05) is 32.1 Å². The number of benzene rings is 1. The molecule has 1 heterocycles. The number of hydrogen-bond donors (Lipinski definition) is 1. The second-order valence-corrected chi connectivity index (χ2v) is 7.17. The van der Waals surface area contributed by atoms with Crippen LogP contribution in [0.2, 0.25) is 0 Å². The number of aryl methyl sites for hydroxylation is 1. The number of nitrogens with zero attached hydrogens (tertiary/aromatic N) is 3. The van der Waals surface area contributed by atoms with Crippen LogP contribution in [-0.2, 0) is 18.4 Å². The van der Waals surface area contributed by atoms with Crippen molar-refractivity contribution in [3.05, 3.63) is 47.7 Å². The van der Waals surface area contributed by atoms with Crippen molar-refractivity contribution >= 4 is 17.6 Å². The van der Waals surface area contributed by atoms with Crippen LogP contribution >= 0.6 is 0 Å². The average Bonchev–Trinajstić information content (AvgIpc) is 3.07. The van der Waals surface area contributed by atoms with E-state index in [1.54, 1.807) is 22.7 Å². The van der Waals surface area contributed by atoms with Gasteiger partial charge in [0.25, 0.3) is 5.91 Å². The molecule has 6 heteroatoms. The van der Waals surface area contributed by atoms with Crippen molar-refractivity contribution in [1.29, 1.82) is 0 Å². The highest BCUT2D eigenvalue weighted by atomic mass is 16.2. The van der Waals surface area contributed by atoms with Crippen molar-refractivity contribution in [3.63, 3.8) is 0 Å². The lowest BCUT2D eigenvalue weighted by Crippen LogP contribution is -2.30. The Morgan fingerprint density at radius 1 is 1.19 bits per heavy atom. The summed E-state index contributed by atoms with van der Waals surface area (Å²) in [6, 6.07) is 11.6. The largest absolute Gasteiger partial charge is 0.333 e. The summed E-state index contributed by atoms with van der Waals surface area (Å²) in [7, 11) is 1.75. The van der Waals surface area contributed by atoms with Crippen molar-refractivity contribution in [2.75, 3.05) is 11.9 Å². The molecule has 2 amide bonds. The lowest BCUT2D eigenvalue weighted by molar-refractivity contribution is -0.120. The number of aromatic nitrogens is 2. The number of amides is 2. The summed E-state index contributed by atoms with van der Waals surface area (Å²) >= 11 is 0. The molecule has 1 aliphatic rings. The van der Waals surface area contributed by atoms with Gasteiger partial charge in [-0.25, -0.2) is 0 Å². The molecule has 1 aliphatic carbocycles. The van der Waals surface area contributed by atoms with Crippen LogP contribution in [0.1, 0.15) is 55.1 Å². The minimum atomic E-state index is -0.130. The standard InChI is InChI=1S/C21H28N4O2/c1-3-25(15-16-10-6-4-7-11-16)21(27)18-14-19(24(2)23-18)22-20(26)17-12-8-5-9-13-17/h4,6-7,10-11,14,17H,3,5,8-9,12-13,15H2,1-2H3,(H,22,26). The summed E-state index contributed by atoms with van der Waals surface area (Å²) in [6.07, 6.45) is 5.31. The zero-order valence-electron chi connectivity index (χ0n) is 16.1. The van der Waals surface area contributed by atoms with Crippen LogP contribution in [0.4, 0.5) is 5.82 Å². The smallest absolute Gasteiger partial charge is 0.274 e. The second kappa shape index (κ2) is 8.84. The van der Waals surface area contributed by atoms with Gasteiger partial charge in [-0.3, -0.25) is 14.3 Å². The van der Waals surface area contributed by atoms with Gasteiger partial charge in [0.15, 0.2) is 5.69 Å². The Kier molecular flexibility index (Phi) is 6.27. The Bertz CT molecular complexity index is 779. The maximum absolute atomic E-state index is 12.9. The Balaban J connectivity index is 1.68. The third-order valence-corrected chi connectivity index (χ3v) is 5.21. The van der Waals surface area contributed by atoms with E-state index in [9.17, 15) is 9.59 Å². The Hall–Kier alpha value is -2.63. The van der Waals surface area contributed by atoms with Gasteiger partial charge in [-0.1, -0.05) is 49.6 Å². The van der Waals surface area contributed by atoms with E-state index in [-0.39, 0.29) is 17.7 Å². The van der Waals surface area contributed by atoms with Gasteiger partial charge in [-0.15, -0.1) is 0 Å². The van der Waals surface area contributed by atoms with E-state index in [0.29, 0.717) is 24.6 Å². The molecule has 0 bridgehead atoms. The van der Waals surface area contributed by atoms with Gasteiger partial charge in [-0.05, 0) is 25.3 Å². The van der Waals surface area contributed by atoms with E-state index < -0.39 is 0 Å². The number of hydrogen-bond acceptors (Lipinski definition) is 3. The van der Waals surface area contributed by atoms with Gasteiger partial charge in [0.2, 0.25) is 5.91 Å². The molecule has 1 aromatic carbocycles. The van der Waals surface area contributed by atoms with E-state index in [2.05, 4.69) is 10.4 Å².